The van der Waals surface area contributed by atoms with Crippen molar-refractivity contribution in [3.05, 3.63) is 102 Å². The number of nitrogens with zero attached hydrogens (tertiary/aromatic N) is 1. The molecule has 6 nitrogen and oxygen atoms in total. The second kappa shape index (κ2) is 9.47. The fraction of sp³-hybridized carbons (Fsp3) is 0.324. The third-order valence-electron chi connectivity index (χ3n) is 9.33. The number of hydrogen-bond acceptors (Lipinski definition) is 4. The number of amides is 3. The quantitative estimate of drug-likeness (QED) is 0.313. The lowest BCUT2D eigenvalue weighted by Gasteiger charge is -2.37. The number of imide groups is 1. The van der Waals surface area contributed by atoms with Crippen molar-refractivity contribution in [1.82, 2.24) is 4.90 Å². The Morgan fingerprint density at radius 3 is 2.05 bits per heavy atom. The highest BCUT2D eigenvalue weighted by Crippen LogP contribution is 2.65. The molecule has 1 N–H and O–H groups in total. The van der Waals surface area contributed by atoms with Crippen molar-refractivity contribution >= 4 is 23.4 Å². The summed E-state index contributed by atoms with van der Waals surface area (Å²) in [5.74, 6) is 1.33. The van der Waals surface area contributed by atoms with E-state index in [4.69, 9.17) is 4.74 Å². The van der Waals surface area contributed by atoms with Gasteiger partial charge >= 0.3 is 0 Å². The lowest BCUT2D eigenvalue weighted by atomic mass is 9.63. The molecule has 4 aliphatic carbocycles. The minimum absolute atomic E-state index is 0.117. The number of aryl methyl sites for hydroxylation is 2. The van der Waals surface area contributed by atoms with Gasteiger partial charge < -0.3 is 10.1 Å². The summed E-state index contributed by atoms with van der Waals surface area (Å²) in [6.07, 6.45) is 5.69. The number of hydrogen-bond donors (Lipinski definition) is 1. The highest BCUT2D eigenvalue weighted by atomic mass is 16.5. The molecular weight excluding hydrogens is 500 g/mol. The molecule has 0 unspecified atom stereocenters. The van der Waals surface area contributed by atoms with Crippen LogP contribution < -0.4 is 10.1 Å². The van der Waals surface area contributed by atoms with Gasteiger partial charge in [-0.1, -0.05) is 60.7 Å². The molecule has 5 aliphatic rings. The van der Waals surface area contributed by atoms with E-state index in [1.807, 2.05) is 74.5 Å². The summed E-state index contributed by atoms with van der Waals surface area (Å²) in [5.41, 5.74) is 3.57. The van der Waals surface area contributed by atoms with E-state index in [0.717, 1.165) is 28.9 Å². The van der Waals surface area contributed by atoms with Gasteiger partial charge in [0.1, 0.15) is 17.5 Å². The molecule has 1 heterocycles. The smallest absolute Gasteiger partial charge is 0.248 e. The van der Waals surface area contributed by atoms with E-state index in [0.29, 0.717) is 23.3 Å². The standard InChI is InChI=1S/C34H32N2O4/c1-19-7-6-8-20(2)31(19)40-23-13-11-22(12-14-23)35-32(37)28(17-21-9-4-3-5-10-21)36-33(38)29-24-15-16-25(27-18-26(24)27)30(29)34(36)39/h3-16,24-30H,17-18H2,1-2H3,(H,35,37)/t24-,25-,26-,27+,28+,29+,30-/m1/s1. The Morgan fingerprint density at radius 1 is 0.850 bits per heavy atom. The third kappa shape index (κ3) is 4.05. The summed E-state index contributed by atoms with van der Waals surface area (Å²) in [5, 5.41) is 2.97. The fourth-order valence-electron chi connectivity index (χ4n) is 7.34. The van der Waals surface area contributed by atoms with Crippen LogP contribution in [0.4, 0.5) is 5.69 Å². The van der Waals surface area contributed by atoms with Gasteiger partial charge in [0.2, 0.25) is 17.7 Å². The molecule has 0 radical (unpaired) electrons. The number of likely N-dealkylation sites (tertiary alicyclic amines) is 1. The molecule has 3 amide bonds. The molecule has 3 aromatic rings. The van der Waals surface area contributed by atoms with Crippen molar-refractivity contribution in [3.63, 3.8) is 0 Å². The molecule has 1 aliphatic heterocycles. The largest absolute Gasteiger partial charge is 0.457 e. The summed E-state index contributed by atoms with van der Waals surface area (Å²) in [6, 6.07) is 21.9. The third-order valence-corrected chi connectivity index (χ3v) is 9.33. The van der Waals surface area contributed by atoms with Gasteiger partial charge in [-0.15, -0.1) is 0 Å². The van der Waals surface area contributed by atoms with Gasteiger partial charge in [-0.25, -0.2) is 0 Å². The normalized spacial score (nSPS) is 28.2. The first kappa shape index (κ1) is 24.8. The topological polar surface area (TPSA) is 75.7 Å². The Morgan fingerprint density at radius 2 is 1.45 bits per heavy atom. The molecule has 202 valence electrons. The van der Waals surface area contributed by atoms with Crippen molar-refractivity contribution in [1.29, 1.82) is 0 Å². The molecule has 6 heteroatoms. The van der Waals surface area contributed by atoms with Gasteiger partial charge in [0.25, 0.3) is 0 Å². The van der Waals surface area contributed by atoms with Crippen LogP contribution in [0.15, 0.2) is 84.9 Å². The molecule has 2 saturated carbocycles. The molecule has 1 saturated heterocycles. The van der Waals surface area contributed by atoms with E-state index in [1.54, 1.807) is 12.1 Å². The molecule has 8 rings (SSSR count). The van der Waals surface area contributed by atoms with Crippen LogP contribution in [0.3, 0.4) is 0 Å². The molecule has 0 spiro atoms. The van der Waals surface area contributed by atoms with E-state index in [-0.39, 0.29) is 47.8 Å². The summed E-state index contributed by atoms with van der Waals surface area (Å²) in [6.45, 7) is 4.01. The second-order valence-corrected chi connectivity index (χ2v) is 11.7. The maximum absolute atomic E-state index is 13.8. The first-order valence-corrected chi connectivity index (χ1v) is 14.1. The van der Waals surface area contributed by atoms with E-state index < -0.39 is 6.04 Å². The van der Waals surface area contributed by atoms with Crippen molar-refractivity contribution in [3.8, 4) is 11.5 Å². The van der Waals surface area contributed by atoms with E-state index in [2.05, 4.69) is 17.5 Å². The molecule has 7 atom stereocenters. The average molecular weight is 533 g/mol. The molecule has 2 bridgehead atoms. The van der Waals surface area contributed by atoms with Gasteiger partial charge in [-0.05, 0) is 84.9 Å². The predicted molar refractivity (Wildman–Crippen MR) is 152 cm³/mol. The Balaban J connectivity index is 1.13. The molecular formula is C34H32N2O4. The Labute approximate surface area is 234 Å². The van der Waals surface area contributed by atoms with Crippen LogP contribution in [0.25, 0.3) is 0 Å². The van der Waals surface area contributed by atoms with Gasteiger partial charge in [0.05, 0.1) is 11.8 Å². The molecule has 3 fully saturated rings. The van der Waals surface area contributed by atoms with E-state index in [1.165, 1.54) is 4.90 Å². The number of benzene rings is 3. The number of allylic oxidation sites excluding steroid dienone is 2. The van der Waals surface area contributed by atoms with Crippen LogP contribution >= 0.6 is 0 Å². The average Bonchev–Trinajstić information content (AvgIpc) is 3.74. The van der Waals surface area contributed by atoms with Gasteiger partial charge in [-0.3, -0.25) is 19.3 Å². The SMILES string of the molecule is Cc1cccc(C)c1Oc1ccc(NC(=O)[C@H](Cc2ccccc2)N2C(=O)[C@@H]3[C@@H]4C=C[C@H]([C@H]5C[C@@H]45)[C@@H]3C2=O)cc1. The Bertz CT molecular complexity index is 1470. The van der Waals surface area contributed by atoms with Crippen molar-refractivity contribution in [2.24, 2.45) is 35.5 Å². The maximum atomic E-state index is 13.8. The predicted octanol–water partition coefficient (Wildman–Crippen LogP) is 5.70. The zero-order valence-corrected chi connectivity index (χ0v) is 22.6. The van der Waals surface area contributed by atoms with Crippen LogP contribution in [0.1, 0.15) is 23.1 Å². The number of carbonyl (C=O) groups is 3. The number of nitrogens with one attached hydrogen (secondary N) is 1. The zero-order chi connectivity index (χ0) is 27.5. The highest BCUT2D eigenvalue weighted by Gasteiger charge is 2.67. The number of carbonyl (C=O) groups excluding carboxylic acids is 3. The number of ether oxygens (including phenoxy) is 1. The number of para-hydroxylation sites is 1. The summed E-state index contributed by atoms with van der Waals surface area (Å²) < 4.78 is 6.11. The fourth-order valence-corrected chi connectivity index (χ4v) is 7.34. The summed E-state index contributed by atoms with van der Waals surface area (Å²) >= 11 is 0. The van der Waals surface area contributed by atoms with E-state index in [9.17, 15) is 14.4 Å². The monoisotopic (exact) mass is 532 g/mol. The first-order valence-electron chi connectivity index (χ1n) is 14.1. The van der Waals surface area contributed by atoms with E-state index >= 15 is 0 Å². The minimum Gasteiger partial charge on any atom is -0.457 e. The van der Waals surface area contributed by atoms with Gasteiger partial charge in [-0.2, -0.15) is 0 Å². The highest BCUT2D eigenvalue weighted by molar-refractivity contribution is 6.10. The Kier molecular flexibility index (Phi) is 5.88. The maximum Gasteiger partial charge on any atom is 0.248 e. The first-order chi connectivity index (χ1) is 19.4. The lowest BCUT2D eigenvalue weighted by molar-refractivity contribution is -0.146. The van der Waals surface area contributed by atoms with Crippen LogP contribution in [0.2, 0.25) is 0 Å². The number of anilines is 1. The van der Waals surface area contributed by atoms with Gasteiger partial charge in [0, 0.05) is 12.1 Å². The van der Waals surface area contributed by atoms with Crippen molar-refractivity contribution in [2.75, 3.05) is 5.32 Å². The van der Waals surface area contributed by atoms with Crippen LogP contribution in [0, 0.1) is 49.4 Å². The van der Waals surface area contributed by atoms with Crippen molar-refractivity contribution < 1.29 is 19.1 Å². The summed E-state index contributed by atoms with van der Waals surface area (Å²) in [4.78, 5) is 42.8. The second-order valence-electron chi connectivity index (χ2n) is 11.7. The zero-order valence-electron chi connectivity index (χ0n) is 22.6. The van der Waals surface area contributed by atoms with Crippen LogP contribution in [0.5, 0.6) is 11.5 Å². The number of rotatable bonds is 7. The Hall–Kier alpha value is -4.19. The van der Waals surface area contributed by atoms with Crippen LogP contribution in [-0.4, -0.2) is 28.7 Å². The molecule has 40 heavy (non-hydrogen) atoms. The lowest BCUT2D eigenvalue weighted by Crippen LogP contribution is -2.49. The minimum atomic E-state index is -0.922. The molecule has 3 aromatic carbocycles. The molecule has 0 aromatic heterocycles. The summed E-state index contributed by atoms with van der Waals surface area (Å²) in [7, 11) is 0. The van der Waals surface area contributed by atoms with Crippen LogP contribution in [-0.2, 0) is 20.8 Å². The van der Waals surface area contributed by atoms with Gasteiger partial charge in [0.15, 0.2) is 0 Å². The van der Waals surface area contributed by atoms with Crippen molar-refractivity contribution in [2.45, 2.75) is 32.7 Å².